The highest BCUT2D eigenvalue weighted by Crippen LogP contribution is 2.34. The summed E-state index contributed by atoms with van der Waals surface area (Å²) < 4.78 is 5.02. The molecule has 0 aliphatic rings. The Morgan fingerprint density at radius 1 is 1.16 bits per heavy atom. The maximum absolute atomic E-state index is 11.8. The molecule has 6 heteroatoms. The average Bonchev–Trinajstić information content (AvgIpc) is 2.84. The quantitative estimate of drug-likeness (QED) is 0.684. The van der Waals surface area contributed by atoms with Gasteiger partial charge in [-0.05, 0) is 45.4 Å². The van der Waals surface area contributed by atoms with Crippen molar-refractivity contribution in [3.63, 3.8) is 0 Å². The van der Waals surface area contributed by atoms with E-state index in [4.69, 9.17) is 4.74 Å². The number of hydrogen-bond acceptors (Lipinski definition) is 6. The van der Waals surface area contributed by atoms with Crippen molar-refractivity contribution in [3.8, 4) is 0 Å². The summed E-state index contributed by atoms with van der Waals surface area (Å²) in [6.07, 6.45) is 0.0718. The number of benzene rings is 1. The minimum absolute atomic E-state index is 0.0718. The molecule has 130 valence electrons. The van der Waals surface area contributed by atoms with E-state index in [0.717, 1.165) is 27.3 Å². The lowest BCUT2D eigenvalue weighted by atomic mass is 10.2. The highest BCUT2D eigenvalue weighted by Gasteiger charge is 2.16. The van der Waals surface area contributed by atoms with Crippen LogP contribution in [0.25, 0.3) is 10.2 Å². The number of thiophene rings is 1. The lowest BCUT2D eigenvalue weighted by molar-refractivity contribution is -0.142. The van der Waals surface area contributed by atoms with E-state index in [1.54, 1.807) is 18.3 Å². The van der Waals surface area contributed by atoms with Crippen LogP contribution in [0.3, 0.4) is 0 Å². The van der Waals surface area contributed by atoms with Crippen molar-refractivity contribution in [2.75, 3.05) is 11.9 Å². The van der Waals surface area contributed by atoms with E-state index in [2.05, 4.69) is 36.1 Å². The highest BCUT2D eigenvalue weighted by molar-refractivity contribution is 7.18. The molecule has 5 nitrogen and oxygen atoms in total. The Hall–Kier alpha value is -2.47. The van der Waals surface area contributed by atoms with Crippen LogP contribution in [0.15, 0.2) is 24.3 Å². The molecule has 0 atom stereocenters. The second-order valence-corrected chi connectivity index (χ2v) is 7.13. The molecule has 0 saturated heterocycles. The van der Waals surface area contributed by atoms with Gasteiger partial charge in [0.2, 0.25) is 0 Å². The third-order valence-corrected chi connectivity index (χ3v) is 5.10. The van der Waals surface area contributed by atoms with Gasteiger partial charge in [-0.2, -0.15) is 0 Å². The van der Waals surface area contributed by atoms with Crippen LogP contribution in [0.2, 0.25) is 0 Å². The minimum Gasteiger partial charge on any atom is -0.466 e. The van der Waals surface area contributed by atoms with E-state index in [9.17, 15) is 4.79 Å². The van der Waals surface area contributed by atoms with Gasteiger partial charge in [0.25, 0.3) is 0 Å². The van der Waals surface area contributed by atoms with Crippen LogP contribution in [0.4, 0.5) is 11.5 Å². The van der Waals surface area contributed by atoms with Crippen LogP contribution in [0.1, 0.15) is 28.8 Å². The van der Waals surface area contributed by atoms with Crippen LogP contribution >= 0.6 is 11.3 Å². The Morgan fingerprint density at radius 3 is 2.56 bits per heavy atom. The number of esters is 1. The number of rotatable bonds is 5. The molecule has 0 radical (unpaired) electrons. The number of fused-ring (bicyclic) bond motifs is 1. The predicted molar refractivity (Wildman–Crippen MR) is 102 cm³/mol. The third-order valence-electron chi connectivity index (χ3n) is 4.00. The van der Waals surface area contributed by atoms with Crippen molar-refractivity contribution in [2.24, 2.45) is 0 Å². The number of anilines is 2. The predicted octanol–water partition coefficient (Wildman–Crippen LogP) is 4.47. The van der Waals surface area contributed by atoms with Gasteiger partial charge in [0.1, 0.15) is 22.9 Å². The Morgan fingerprint density at radius 2 is 1.88 bits per heavy atom. The van der Waals surface area contributed by atoms with E-state index < -0.39 is 0 Å². The third kappa shape index (κ3) is 3.79. The molecule has 1 aromatic carbocycles. The summed E-state index contributed by atoms with van der Waals surface area (Å²) in [5.74, 6) is 0.893. The molecular formula is C19H21N3O2S. The first-order valence-corrected chi connectivity index (χ1v) is 9.05. The maximum atomic E-state index is 11.8. The van der Waals surface area contributed by atoms with Crippen LogP contribution < -0.4 is 5.32 Å². The van der Waals surface area contributed by atoms with Gasteiger partial charge >= 0.3 is 5.97 Å². The molecule has 0 unspecified atom stereocenters. The van der Waals surface area contributed by atoms with Gasteiger partial charge < -0.3 is 10.1 Å². The first-order valence-electron chi connectivity index (χ1n) is 8.24. The highest BCUT2D eigenvalue weighted by atomic mass is 32.1. The molecule has 0 bridgehead atoms. The van der Waals surface area contributed by atoms with Gasteiger partial charge in [-0.3, -0.25) is 4.79 Å². The summed E-state index contributed by atoms with van der Waals surface area (Å²) >= 11 is 1.62. The monoisotopic (exact) mass is 355 g/mol. The summed E-state index contributed by atoms with van der Waals surface area (Å²) in [6, 6.07) is 8.13. The molecule has 0 aliphatic carbocycles. The summed E-state index contributed by atoms with van der Waals surface area (Å²) in [5.41, 5.74) is 3.32. The molecule has 0 spiro atoms. The lowest BCUT2D eigenvalue weighted by Crippen LogP contribution is -2.11. The van der Waals surface area contributed by atoms with E-state index >= 15 is 0 Å². The summed E-state index contributed by atoms with van der Waals surface area (Å²) in [6.45, 7) is 8.34. The number of nitrogens with one attached hydrogen (secondary N) is 1. The molecule has 3 aromatic rings. The van der Waals surface area contributed by atoms with E-state index in [1.807, 2.05) is 24.3 Å². The van der Waals surface area contributed by atoms with Crippen molar-refractivity contribution >= 4 is 39.0 Å². The van der Waals surface area contributed by atoms with E-state index in [-0.39, 0.29) is 12.4 Å². The molecule has 0 aliphatic heterocycles. The average molecular weight is 355 g/mol. The molecule has 2 aromatic heterocycles. The number of carbonyl (C=O) groups excluding carboxylic acids is 1. The topological polar surface area (TPSA) is 64.1 Å². The van der Waals surface area contributed by atoms with Gasteiger partial charge in [0.15, 0.2) is 0 Å². The number of ether oxygens (including phenoxy) is 1. The first kappa shape index (κ1) is 17.4. The molecule has 0 saturated carbocycles. The Kier molecular flexibility index (Phi) is 4.99. The normalized spacial score (nSPS) is 10.9. The fraction of sp³-hybridized carbons (Fsp3) is 0.316. The van der Waals surface area contributed by atoms with Gasteiger partial charge in [0.05, 0.1) is 12.0 Å². The smallest absolute Gasteiger partial charge is 0.313 e. The first-order chi connectivity index (χ1) is 12.0. The number of aromatic nitrogens is 2. The molecule has 2 heterocycles. The zero-order valence-electron chi connectivity index (χ0n) is 14.8. The number of nitrogens with zero attached hydrogens (tertiary/aromatic N) is 2. The van der Waals surface area contributed by atoms with Crippen LogP contribution in [0.5, 0.6) is 0 Å². The van der Waals surface area contributed by atoms with Crippen molar-refractivity contribution in [3.05, 3.63) is 46.1 Å². The molecule has 0 amide bonds. The number of carbonyl (C=O) groups is 1. The molecular weight excluding hydrogens is 334 g/mol. The van der Waals surface area contributed by atoms with E-state index in [0.29, 0.717) is 12.4 Å². The zero-order chi connectivity index (χ0) is 18.0. The van der Waals surface area contributed by atoms with Crippen molar-refractivity contribution in [1.29, 1.82) is 0 Å². The molecule has 0 fully saturated rings. The maximum Gasteiger partial charge on any atom is 0.313 e. The Labute approximate surface area is 151 Å². The van der Waals surface area contributed by atoms with Crippen LogP contribution in [0, 0.1) is 20.8 Å². The van der Waals surface area contributed by atoms with E-state index in [1.165, 1.54) is 10.4 Å². The second kappa shape index (κ2) is 7.19. The van der Waals surface area contributed by atoms with Gasteiger partial charge in [0, 0.05) is 10.6 Å². The van der Waals surface area contributed by atoms with Crippen LogP contribution in [-0.4, -0.2) is 22.5 Å². The summed E-state index contributed by atoms with van der Waals surface area (Å²) in [5, 5.41) is 4.39. The standard InChI is InChI=1S/C19H21N3O2S/c1-5-24-16(23)10-15-21-18(20-14-8-6-11(2)7-9-14)17-12(3)13(4)25-19(17)22-15/h6-9H,5,10H2,1-4H3,(H,20,21,22). The Balaban J connectivity index is 2.03. The van der Waals surface area contributed by atoms with Crippen LogP contribution in [-0.2, 0) is 16.0 Å². The molecule has 1 N–H and O–H groups in total. The molecule has 3 rings (SSSR count). The van der Waals surface area contributed by atoms with Gasteiger partial charge in [-0.1, -0.05) is 17.7 Å². The van der Waals surface area contributed by atoms with Gasteiger partial charge in [-0.25, -0.2) is 9.97 Å². The summed E-state index contributed by atoms with van der Waals surface area (Å²) in [4.78, 5) is 23.1. The summed E-state index contributed by atoms with van der Waals surface area (Å²) in [7, 11) is 0. The van der Waals surface area contributed by atoms with Crippen molar-refractivity contribution in [2.45, 2.75) is 34.1 Å². The minimum atomic E-state index is -0.312. The van der Waals surface area contributed by atoms with Crippen molar-refractivity contribution < 1.29 is 9.53 Å². The molecule has 25 heavy (non-hydrogen) atoms. The SMILES string of the molecule is CCOC(=O)Cc1nc(Nc2ccc(C)cc2)c2c(C)c(C)sc2n1. The van der Waals surface area contributed by atoms with Gasteiger partial charge in [-0.15, -0.1) is 11.3 Å². The van der Waals surface area contributed by atoms with Crippen molar-refractivity contribution in [1.82, 2.24) is 9.97 Å². The lowest BCUT2D eigenvalue weighted by Gasteiger charge is -2.10. The Bertz CT molecular complexity index is 917. The number of aryl methyl sites for hydroxylation is 3. The number of hydrogen-bond donors (Lipinski definition) is 1. The largest absolute Gasteiger partial charge is 0.466 e. The fourth-order valence-corrected chi connectivity index (χ4v) is 3.63. The zero-order valence-corrected chi connectivity index (χ0v) is 15.7. The fourth-order valence-electron chi connectivity index (χ4n) is 2.58. The second-order valence-electron chi connectivity index (χ2n) is 5.92.